The highest BCUT2D eigenvalue weighted by atomic mass is 19.3. The number of fused-ring (bicyclic) bond motifs is 1. The van der Waals surface area contributed by atoms with E-state index in [9.17, 15) is 13.9 Å². The van der Waals surface area contributed by atoms with Crippen molar-refractivity contribution in [2.45, 2.75) is 57.7 Å². The molecule has 2 saturated carbocycles. The number of nitrogens with zero attached hydrogens (tertiary/aromatic N) is 4. The SMILES string of the molecule is CC(C)n1nc(-c2cnc(N)c(OC(F)F)c2)cc1[C@H]1[C@@H]2C[C@H](N3CCC(CO)C3)C[C@@H]21. The lowest BCUT2D eigenvalue weighted by atomic mass is 10.0. The van der Waals surface area contributed by atoms with Crippen LogP contribution in [-0.2, 0) is 0 Å². The molecule has 7 nitrogen and oxygen atoms in total. The van der Waals surface area contributed by atoms with Crippen LogP contribution >= 0.6 is 0 Å². The minimum absolute atomic E-state index is 0.0642. The number of aliphatic hydroxyl groups excluding tert-OH is 1. The molecular formula is C23H31F2N5O2. The predicted octanol–water partition coefficient (Wildman–Crippen LogP) is 3.52. The number of pyridine rings is 1. The van der Waals surface area contributed by atoms with Crippen molar-refractivity contribution in [2.24, 2.45) is 17.8 Å². The molecule has 0 radical (unpaired) electrons. The van der Waals surface area contributed by atoms with E-state index in [0.717, 1.165) is 19.5 Å². The van der Waals surface area contributed by atoms with Crippen molar-refractivity contribution in [3.63, 3.8) is 0 Å². The summed E-state index contributed by atoms with van der Waals surface area (Å²) in [6.45, 7) is 3.66. The zero-order valence-electron chi connectivity index (χ0n) is 18.5. The number of likely N-dealkylation sites (tertiary alicyclic amines) is 1. The first-order valence-electron chi connectivity index (χ1n) is 11.5. The molecule has 1 aliphatic heterocycles. The van der Waals surface area contributed by atoms with Gasteiger partial charge in [0.15, 0.2) is 11.6 Å². The van der Waals surface area contributed by atoms with Crippen LogP contribution in [0, 0.1) is 17.8 Å². The number of aromatic nitrogens is 3. The zero-order chi connectivity index (χ0) is 22.6. The van der Waals surface area contributed by atoms with E-state index in [2.05, 4.69) is 39.2 Å². The minimum atomic E-state index is -2.96. The third-order valence-electron chi connectivity index (χ3n) is 7.50. The van der Waals surface area contributed by atoms with Gasteiger partial charge in [-0.3, -0.25) is 9.58 Å². The number of halogens is 2. The number of nitrogens with two attached hydrogens (primary N) is 1. The molecule has 32 heavy (non-hydrogen) atoms. The number of hydrogen-bond donors (Lipinski definition) is 2. The van der Waals surface area contributed by atoms with Crippen LogP contribution in [0.5, 0.6) is 5.75 Å². The monoisotopic (exact) mass is 447 g/mol. The lowest BCUT2D eigenvalue weighted by molar-refractivity contribution is -0.0494. The fraction of sp³-hybridized carbons (Fsp3) is 0.652. The van der Waals surface area contributed by atoms with E-state index < -0.39 is 6.61 Å². The summed E-state index contributed by atoms with van der Waals surface area (Å²) in [4.78, 5) is 6.59. The van der Waals surface area contributed by atoms with Crippen LogP contribution in [-0.4, -0.2) is 57.1 Å². The Balaban J connectivity index is 1.34. The van der Waals surface area contributed by atoms with Gasteiger partial charge in [0.1, 0.15) is 0 Å². The summed E-state index contributed by atoms with van der Waals surface area (Å²) >= 11 is 0. The van der Waals surface area contributed by atoms with E-state index in [4.69, 9.17) is 10.8 Å². The molecule has 3 heterocycles. The molecule has 0 spiro atoms. The second kappa shape index (κ2) is 8.26. The number of aliphatic hydroxyl groups is 1. The number of hydrogen-bond acceptors (Lipinski definition) is 6. The number of nitrogen functional groups attached to an aromatic ring is 1. The normalized spacial score (nSPS) is 29.8. The van der Waals surface area contributed by atoms with Crippen molar-refractivity contribution in [2.75, 3.05) is 25.4 Å². The first-order valence-corrected chi connectivity index (χ1v) is 11.5. The van der Waals surface area contributed by atoms with E-state index in [1.165, 1.54) is 24.6 Å². The Labute approximate surface area is 186 Å². The molecule has 1 unspecified atom stereocenters. The third kappa shape index (κ3) is 3.85. The molecule has 174 valence electrons. The molecule has 3 fully saturated rings. The Morgan fingerprint density at radius 2 is 2.00 bits per heavy atom. The standard InChI is InChI=1S/C23H31F2N5O2/c1-12(2)30-19(8-18(28-30)14-5-20(32-23(24)25)22(26)27-9-14)21-16-6-15(7-17(16)21)29-4-3-13(10-29)11-31/h5,8-9,12-13,15-17,21,23,31H,3-4,6-7,10-11H2,1-2H3,(H2,26,27)/t13?,15-,16+,17-,21-. The van der Waals surface area contributed by atoms with Crippen molar-refractivity contribution in [3.8, 4) is 17.0 Å². The maximum Gasteiger partial charge on any atom is 0.387 e. The van der Waals surface area contributed by atoms with Crippen LogP contribution in [0.25, 0.3) is 11.3 Å². The molecular weight excluding hydrogens is 416 g/mol. The van der Waals surface area contributed by atoms with Gasteiger partial charge in [-0.1, -0.05) is 0 Å². The Kier molecular flexibility index (Phi) is 5.57. The molecule has 0 amide bonds. The molecule has 3 N–H and O–H groups in total. The van der Waals surface area contributed by atoms with Gasteiger partial charge in [-0.25, -0.2) is 4.98 Å². The molecule has 1 saturated heterocycles. The van der Waals surface area contributed by atoms with Crippen LogP contribution < -0.4 is 10.5 Å². The van der Waals surface area contributed by atoms with Crippen LogP contribution in [0.1, 0.15) is 50.8 Å². The van der Waals surface area contributed by atoms with Gasteiger partial charge in [-0.15, -0.1) is 0 Å². The number of alkyl halides is 2. The van der Waals surface area contributed by atoms with Crippen LogP contribution in [0.4, 0.5) is 14.6 Å². The molecule has 5 rings (SSSR count). The van der Waals surface area contributed by atoms with Crippen molar-refractivity contribution in [1.82, 2.24) is 19.7 Å². The Morgan fingerprint density at radius 1 is 1.25 bits per heavy atom. The molecule has 0 aromatic carbocycles. The minimum Gasteiger partial charge on any atom is -0.431 e. The van der Waals surface area contributed by atoms with E-state index in [0.29, 0.717) is 47.6 Å². The maximum absolute atomic E-state index is 12.7. The van der Waals surface area contributed by atoms with E-state index in [1.54, 1.807) is 6.20 Å². The molecule has 9 heteroatoms. The van der Waals surface area contributed by atoms with Gasteiger partial charge in [0.2, 0.25) is 0 Å². The average molecular weight is 448 g/mol. The largest absolute Gasteiger partial charge is 0.431 e. The van der Waals surface area contributed by atoms with Gasteiger partial charge in [-0.2, -0.15) is 13.9 Å². The van der Waals surface area contributed by atoms with Crippen molar-refractivity contribution < 1.29 is 18.6 Å². The Bertz CT molecular complexity index is 969. The van der Waals surface area contributed by atoms with Crippen molar-refractivity contribution in [1.29, 1.82) is 0 Å². The first kappa shape index (κ1) is 21.6. The fourth-order valence-electron chi connectivity index (χ4n) is 5.89. The highest BCUT2D eigenvalue weighted by Crippen LogP contribution is 2.64. The van der Waals surface area contributed by atoms with Gasteiger partial charge in [-0.05, 0) is 69.5 Å². The highest BCUT2D eigenvalue weighted by Gasteiger charge is 2.59. The smallest absolute Gasteiger partial charge is 0.387 e. The van der Waals surface area contributed by atoms with E-state index in [-0.39, 0.29) is 17.6 Å². The molecule has 3 aliphatic rings. The van der Waals surface area contributed by atoms with Crippen LogP contribution in [0.15, 0.2) is 18.3 Å². The van der Waals surface area contributed by atoms with Gasteiger partial charge in [0, 0.05) is 48.6 Å². The van der Waals surface area contributed by atoms with Crippen molar-refractivity contribution >= 4 is 5.82 Å². The fourth-order valence-corrected chi connectivity index (χ4v) is 5.89. The van der Waals surface area contributed by atoms with E-state index in [1.807, 2.05) is 0 Å². The molecule has 2 aliphatic carbocycles. The van der Waals surface area contributed by atoms with Gasteiger partial charge in [0.05, 0.1) is 5.69 Å². The number of anilines is 1. The zero-order valence-corrected chi connectivity index (χ0v) is 18.5. The maximum atomic E-state index is 12.7. The third-order valence-corrected chi connectivity index (χ3v) is 7.50. The predicted molar refractivity (Wildman–Crippen MR) is 116 cm³/mol. The summed E-state index contributed by atoms with van der Waals surface area (Å²) in [5.74, 6) is 2.06. The lowest BCUT2D eigenvalue weighted by Crippen LogP contribution is -2.33. The summed E-state index contributed by atoms with van der Waals surface area (Å²) in [5.41, 5.74) is 8.22. The molecule has 2 aromatic rings. The summed E-state index contributed by atoms with van der Waals surface area (Å²) < 4.78 is 32.0. The average Bonchev–Trinajstić information content (AvgIpc) is 3.23. The summed E-state index contributed by atoms with van der Waals surface area (Å²) in [6.07, 6.45) is 5.05. The highest BCUT2D eigenvalue weighted by molar-refractivity contribution is 5.64. The van der Waals surface area contributed by atoms with Crippen LogP contribution in [0.3, 0.4) is 0 Å². The van der Waals surface area contributed by atoms with Gasteiger partial charge < -0.3 is 15.6 Å². The first-order chi connectivity index (χ1) is 15.4. The van der Waals surface area contributed by atoms with Gasteiger partial charge in [0.25, 0.3) is 0 Å². The summed E-state index contributed by atoms with van der Waals surface area (Å²) in [6, 6.07) is 4.39. The Morgan fingerprint density at radius 3 is 2.62 bits per heavy atom. The molecule has 2 aromatic heterocycles. The van der Waals surface area contributed by atoms with E-state index >= 15 is 0 Å². The summed E-state index contributed by atoms with van der Waals surface area (Å²) in [5, 5.41) is 14.2. The quantitative estimate of drug-likeness (QED) is 0.675. The van der Waals surface area contributed by atoms with Gasteiger partial charge >= 0.3 is 6.61 Å². The van der Waals surface area contributed by atoms with Crippen molar-refractivity contribution in [3.05, 3.63) is 24.0 Å². The molecule has 0 bridgehead atoms. The number of rotatable bonds is 7. The molecule has 5 atom stereocenters. The topological polar surface area (TPSA) is 89.4 Å². The van der Waals surface area contributed by atoms with Crippen LogP contribution in [0.2, 0.25) is 0 Å². The second-order valence-corrected chi connectivity index (χ2v) is 9.79. The Hall–Kier alpha value is -2.26. The second-order valence-electron chi connectivity index (χ2n) is 9.79. The lowest BCUT2D eigenvalue weighted by Gasteiger charge is -2.26. The number of ether oxygens (including phenoxy) is 1. The summed E-state index contributed by atoms with van der Waals surface area (Å²) in [7, 11) is 0.